The lowest BCUT2D eigenvalue weighted by Gasteiger charge is -2.17. The molecular weight excluding hydrogens is 201 g/mol. The van der Waals surface area contributed by atoms with E-state index in [1.54, 1.807) is 0 Å². The van der Waals surface area contributed by atoms with Gasteiger partial charge in [0.05, 0.1) is 6.10 Å². The number of hydrogen-bond donors (Lipinski definition) is 2. The third kappa shape index (κ3) is 8.70. The first-order valence-electron chi connectivity index (χ1n) is 5.29. The van der Waals surface area contributed by atoms with E-state index >= 15 is 0 Å². The van der Waals surface area contributed by atoms with Crippen molar-refractivity contribution in [1.82, 2.24) is 0 Å². The van der Waals surface area contributed by atoms with Crippen LogP contribution in [0.5, 0.6) is 0 Å². The van der Waals surface area contributed by atoms with Gasteiger partial charge in [-0.15, -0.1) is 0 Å². The van der Waals surface area contributed by atoms with Crippen molar-refractivity contribution < 1.29 is 14.0 Å². The summed E-state index contributed by atoms with van der Waals surface area (Å²) in [5.74, 6) is 0. The molecule has 0 saturated carbocycles. The van der Waals surface area contributed by atoms with Gasteiger partial charge in [0.1, 0.15) is 0 Å². The van der Waals surface area contributed by atoms with Crippen LogP contribution in [0.1, 0.15) is 52.4 Å². The first kappa shape index (κ1) is 14.1. The molecule has 0 bridgehead atoms. The van der Waals surface area contributed by atoms with Crippen LogP contribution in [-0.4, -0.2) is 11.0 Å². The molecule has 0 heterocycles. The third-order valence-electron chi connectivity index (χ3n) is 2.04. The average Bonchev–Trinajstić information content (AvgIpc) is 2.02. The molecule has 0 radical (unpaired) electrons. The minimum absolute atomic E-state index is 0.160. The highest BCUT2D eigenvalue weighted by molar-refractivity contribution is 7.50. The molecule has 2 atom stereocenters. The molecule has 5 heteroatoms. The molecule has 14 heavy (non-hydrogen) atoms. The Hall–Kier alpha value is 0.110. The standard InChI is InChI=1S/C9H22NO3P/c1-3-5-6-8-9(7-4-2)13-14(10,11)12/h9H,3-8H2,1-2H3,(H3,10,11,12). The van der Waals surface area contributed by atoms with Gasteiger partial charge < -0.3 is 4.89 Å². The van der Waals surface area contributed by atoms with Crippen LogP contribution < -0.4 is 5.50 Å². The molecule has 4 nitrogen and oxygen atoms in total. The van der Waals surface area contributed by atoms with E-state index in [1.165, 1.54) is 0 Å². The molecular formula is C9H22NO3P. The van der Waals surface area contributed by atoms with Gasteiger partial charge in [0.25, 0.3) is 0 Å². The van der Waals surface area contributed by atoms with Crippen molar-refractivity contribution >= 4 is 7.75 Å². The van der Waals surface area contributed by atoms with Crippen molar-refractivity contribution in [3.63, 3.8) is 0 Å². The smallest absolute Gasteiger partial charge is 0.313 e. The highest BCUT2D eigenvalue weighted by Gasteiger charge is 2.18. The fraction of sp³-hybridized carbons (Fsp3) is 1.00. The van der Waals surface area contributed by atoms with Crippen LogP contribution in [0.4, 0.5) is 0 Å². The average molecular weight is 223 g/mol. The van der Waals surface area contributed by atoms with Crippen molar-refractivity contribution in [2.24, 2.45) is 5.50 Å². The summed E-state index contributed by atoms with van der Waals surface area (Å²) in [7, 11) is -3.80. The zero-order valence-electron chi connectivity index (χ0n) is 9.11. The SMILES string of the molecule is CCCCCC(CCC)OP(N)(=O)O. The van der Waals surface area contributed by atoms with E-state index in [-0.39, 0.29) is 6.10 Å². The van der Waals surface area contributed by atoms with Crippen LogP contribution in [0.25, 0.3) is 0 Å². The zero-order chi connectivity index (χ0) is 11.0. The van der Waals surface area contributed by atoms with Gasteiger partial charge in [-0.25, -0.2) is 10.1 Å². The Kier molecular flexibility index (Phi) is 7.47. The second-order valence-electron chi connectivity index (χ2n) is 3.58. The fourth-order valence-corrected chi connectivity index (χ4v) is 2.05. The maximum atomic E-state index is 10.8. The molecule has 86 valence electrons. The molecule has 2 unspecified atom stereocenters. The summed E-state index contributed by atoms with van der Waals surface area (Å²) < 4.78 is 15.8. The van der Waals surface area contributed by atoms with E-state index in [1.807, 2.05) is 6.92 Å². The Balaban J connectivity index is 3.83. The van der Waals surface area contributed by atoms with E-state index in [0.29, 0.717) is 0 Å². The molecule has 3 N–H and O–H groups in total. The van der Waals surface area contributed by atoms with E-state index in [2.05, 4.69) is 6.92 Å². The van der Waals surface area contributed by atoms with E-state index in [0.717, 1.165) is 38.5 Å². The Bertz CT molecular complexity index is 181. The number of rotatable bonds is 8. The van der Waals surface area contributed by atoms with Crippen LogP contribution in [0.15, 0.2) is 0 Å². The molecule has 0 fully saturated rings. The van der Waals surface area contributed by atoms with E-state index in [4.69, 9.17) is 14.9 Å². The highest BCUT2D eigenvalue weighted by Crippen LogP contribution is 2.35. The molecule has 0 aliphatic carbocycles. The van der Waals surface area contributed by atoms with Crippen molar-refractivity contribution in [3.8, 4) is 0 Å². The number of unbranched alkanes of at least 4 members (excludes halogenated alkanes) is 2. The van der Waals surface area contributed by atoms with Gasteiger partial charge in [0.2, 0.25) is 0 Å². The van der Waals surface area contributed by atoms with Crippen LogP contribution in [-0.2, 0) is 9.09 Å². The lowest BCUT2D eigenvalue weighted by Crippen LogP contribution is -2.13. The Labute approximate surface area is 86.4 Å². The van der Waals surface area contributed by atoms with E-state index in [9.17, 15) is 4.57 Å². The van der Waals surface area contributed by atoms with Crippen LogP contribution in [0, 0.1) is 0 Å². The lowest BCUT2D eigenvalue weighted by molar-refractivity contribution is 0.152. The van der Waals surface area contributed by atoms with Crippen molar-refractivity contribution in [3.05, 3.63) is 0 Å². The molecule has 0 spiro atoms. The largest absolute Gasteiger partial charge is 0.400 e. The first-order valence-corrected chi connectivity index (χ1v) is 6.94. The molecule has 0 rings (SSSR count). The molecule has 0 aliphatic rings. The second-order valence-corrected chi connectivity index (χ2v) is 4.92. The van der Waals surface area contributed by atoms with Gasteiger partial charge in [-0.1, -0.05) is 39.5 Å². The minimum Gasteiger partial charge on any atom is -0.313 e. The number of hydrogen-bond acceptors (Lipinski definition) is 2. The normalized spacial score (nSPS) is 17.7. The first-order chi connectivity index (χ1) is 6.49. The monoisotopic (exact) mass is 223 g/mol. The Morgan fingerprint density at radius 1 is 1.29 bits per heavy atom. The summed E-state index contributed by atoms with van der Waals surface area (Å²) >= 11 is 0. The van der Waals surface area contributed by atoms with Crippen LogP contribution in [0.2, 0.25) is 0 Å². The van der Waals surface area contributed by atoms with Crippen molar-refractivity contribution in [2.45, 2.75) is 58.5 Å². The van der Waals surface area contributed by atoms with Gasteiger partial charge in [-0.2, -0.15) is 0 Å². The van der Waals surface area contributed by atoms with Gasteiger partial charge >= 0.3 is 7.75 Å². The summed E-state index contributed by atoms with van der Waals surface area (Å²) in [6.45, 7) is 4.14. The summed E-state index contributed by atoms with van der Waals surface area (Å²) in [6.07, 6.45) is 5.70. The summed E-state index contributed by atoms with van der Waals surface area (Å²) in [5.41, 5.74) is 4.96. The summed E-state index contributed by atoms with van der Waals surface area (Å²) in [5, 5.41) is 0. The topological polar surface area (TPSA) is 72.5 Å². The predicted octanol–water partition coefficient (Wildman–Crippen LogP) is 2.81. The molecule has 0 aromatic heterocycles. The van der Waals surface area contributed by atoms with Gasteiger partial charge in [-0.05, 0) is 12.8 Å². The lowest BCUT2D eigenvalue weighted by atomic mass is 10.1. The summed E-state index contributed by atoms with van der Waals surface area (Å²) in [6, 6.07) is 0. The van der Waals surface area contributed by atoms with Gasteiger partial charge in [0, 0.05) is 0 Å². The molecule has 0 aromatic carbocycles. The van der Waals surface area contributed by atoms with Gasteiger partial charge in [-0.3, -0.25) is 4.52 Å². The molecule has 0 aromatic rings. The quantitative estimate of drug-likeness (QED) is 0.490. The fourth-order valence-electron chi connectivity index (χ4n) is 1.41. The van der Waals surface area contributed by atoms with Crippen molar-refractivity contribution in [1.29, 1.82) is 0 Å². The van der Waals surface area contributed by atoms with E-state index < -0.39 is 7.75 Å². The molecule has 0 aliphatic heterocycles. The van der Waals surface area contributed by atoms with Crippen LogP contribution in [0.3, 0.4) is 0 Å². The maximum Gasteiger partial charge on any atom is 0.400 e. The maximum absolute atomic E-state index is 10.8. The third-order valence-corrected chi connectivity index (χ3v) is 2.64. The number of nitrogens with two attached hydrogens (primary N) is 1. The minimum atomic E-state index is -3.80. The van der Waals surface area contributed by atoms with Crippen LogP contribution >= 0.6 is 7.75 Å². The second kappa shape index (κ2) is 7.41. The molecule has 0 saturated heterocycles. The Morgan fingerprint density at radius 2 is 1.93 bits per heavy atom. The predicted molar refractivity (Wildman–Crippen MR) is 57.9 cm³/mol. The highest BCUT2D eigenvalue weighted by atomic mass is 31.2. The van der Waals surface area contributed by atoms with Crippen molar-refractivity contribution in [2.75, 3.05) is 0 Å². The summed E-state index contributed by atoms with van der Waals surface area (Å²) in [4.78, 5) is 8.88. The Morgan fingerprint density at radius 3 is 2.36 bits per heavy atom. The zero-order valence-corrected chi connectivity index (χ0v) is 10.0. The van der Waals surface area contributed by atoms with Gasteiger partial charge in [0.15, 0.2) is 0 Å². The molecule has 0 amide bonds.